The quantitative estimate of drug-likeness (QED) is 0.358. The van der Waals surface area contributed by atoms with Crippen molar-refractivity contribution in [3.05, 3.63) is 59.1 Å². The Morgan fingerprint density at radius 3 is 2.21 bits per heavy atom. The molecule has 0 unspecified atom stereocenters. The van der Waals surface area contributed by atoms with Gasteiger partial charge in [-0.25, -0.2) is 8.42 Å². The molecular formula is C23H28ClNO7S. The standard InChI is InChI=1S/C23H28ClNO7S/c1-23(2,3)32-22(28)20(25-33(29,30)19-12-8-17(24)9-13-19)15-16-6-10-18(11-7-16)31-14-4-5-21(26)27/h6-13,20,25H,4-5,14-15H2,1-3H3,(H,26,27)/t20-/m0/s1. The third-order valence-electron chi connectivity index (χ3n) is 4.28. The maximum absolute atomic E-state index is 12.8. The van der Waals surface area contributed by atoms with Crippen LogP contribution >= 0.6 is 11.6 Å². The van der Waals surface area contributed by atoms with E-state index in [9.17, 15) is 18.0 Å². The lowest BCUT2D eigenvalue weighted by Gasteiger charge is -2.24. The van der Waals surface area contributed by atoms with Crippen LogP contribution in [0.15, 0.2) is 53.4 Å². The van der Waals surface area contributed by atoms with Crippen LogP contribution in [0.25, 0.3) is 0 Å². The molecule has 0 aliphatic heterocycles. The van der Waals surface area contributed by atoms with E-state index in [0.717, 1.165) is 0 Å². The van der Waals surface area contributed by atoms with Crippen molar-refractivity contribution in [3.8, 4) is 5.75 Å². The minimum Gasteiger partial charge on any atom is -0.494 e. The second-order valence-corrected chi connectivity index (χ2v) is 10.5. The first-order valence-corrected chi connectivity index (χ1v) is 12.2. The molecule has 8 nitrogen and oxygen atoms in total. The molecule has 1 atom stereocenters. The van der Waals surface area contributed by atoms with E-state index >= 15 is 0 Å². The average Bonchev–Trinajstić information content (AvgIpc) is 2.70. The van der Waals surface area contributed by atoms with Crippen molar-refractivity contribution in [1.82, 2.24) is 4.72 Å². The molecule has 2 N–H and O–H groups in total. The highest BCUT2D eigenvalue weighted by Gasteiger charge is 2.30. The first-order valence-electron chi connectivity index (χ1n) is 10.3. The van der Waals surface area contributed by atoms with E-state index in [4.69, 9.17) is 26.2 Å². The molecule has 0 aliphatic carbocycles. The van der Waals surface area contributed by atoms with E-state index in [1.807, 2.05) is 0 Å². The highest BCUT2D eigenvalue weighted by Crippen LogP contribution is 2.19. The third kappa shape index (κ3) is 9.41. The first kappa shape index (κ1) is 26.6. The second kappa shape index (κ2) is 11.5. The lowest BCUT2D eigenvalue weighted by molar-refractivity contribution is -0.156. The topological polar surface area (TPSA) is 119 Å². The van der Waals surface area contributed by atoms with Gasteiger partial charge in [0.25, 0.3) is 0 Å². The molecule has 10 heteroatoms. The number of benzene rings is 2. The van der Waals surface area contributed by atoms with Crippen molar-refractivity contribution >= 4 is 33.6 Å². The maximum Gasteiger partial charge on any atom is 0.325 e. The Kier molecular flexibility index (Phi) is 9.27. The van der Waals surface area contributed by atoms with Gasteiger partial charge in [0.2, 0.25) is 10.0 Å². The fraction of sp³-hybridized carbons (Fsp3) is 0.391. The van der Waals surface area contributed by atoms with Gasteiger partial charge in [0.15, 0.2) is 0 Å². The zero-order valence-electron chi connectivity index (χ0n) is 18.7. The summed E-state index contributed by atoms with van der Waals surface area (Å²) >= 11 is 5.84. The van der Waals surface area contributed by atoms with Gasteiger partial charge in [-0.2, -0.15) is 4.72 Å². The van der Waals surface area contributed by atoms with Crippen molar-refractivity contribution < 1.29 is 32.6 Å². The number of esters is 1. The molecule has 2 rings (SSSR count). The monoisotopic (exact) mass is 497 g/mol. The fourth-order valence-electron chi connectivity index (χ4n) is 2.79. The number of carbonyl (C=O) groups is 2. The number of carboxylic acids is 1. The molecule has 33 heavy (non-hydrogen) atoms. The number of ether oxygens (including phenoxy) is 2. The third-order valence-corrected chi connectivity index (χ3v) is 6.02. The molecular weight excluding hydrogens is 470 g/mol. The molecule has 0 radical (unpaired) electrons. The lowest BCUT2D eigenvalue weighted by Crippen LogP contribution is -2.45. The van der Waals surface area contributed by atoms with Gasteiger partial charge < -0.3 is 14.6 Å². The molecule has 2 aromatic carbocycles. The Labute approximate surface area is 198 Å². The fourth-order valence-corrected chi connectivity index (χ4v) is 4.10. The number of halogens is 1. The normalized spacial score (nSPS) is 12.7. The van der Waals surface area contributed by atoms with Gasteiger partial charge in [-0.1, -0.05) is 23.7 Å². The average molecular weight is 498 g/mol. The Morgan fingerprint density at radius 2 is 1.67 bits per heavy atom. The summed E-state index contributed by atoms with van der Waals surface area (Å²) in [4.78, 5) is 23.3. The van der Waals surface area contributed by atoms with E-state index in [2.05, 4.69) is 4.72 Å². The summed E-state index contributed by atoms with van der Waals surface area (Å²) in [7, 11) is -4.01. The number of aliphatic carboxylic acids is 1. The summed E-state index contributed by atoms with van der Waals surface area (Å²) in [6.07, 6.45) is 0.453. The number of carboxylic acid groups (broad SMARTS) is 1. The predicted octanol–water partition coefficient (Wildman–Crippen LogP) is 3.81. The molecule has 0 saturated heterocycles. The molecule has 0 aromatic heterocycles. The highest BCUT2D eigenvalue weighted by molar-refractivity contribution is 7.89. The Bertz CT molecular complexity index is 1050. The summed E-state index contributed by atoms with van der Waals surface area (Å²) in [5, 5.41) is 9.06. The summed E-state index contributed by atoms with van der Waals surface area (Å²) in [5.41, 5.74) is -0.114. The van der Waals surface area contributed by atoms with Crippen molar-refractivity contribution in [2.75, 3.05) is 6.61 Å². The van der Waals surface area contributed by atoms with Crippen LogP contribution in [0.1, 0.15) is 39.2 Å². The van der Waals surface area contributed by atoms with Gasteiger partial charge in [-0.3, -0.25) is 9.59 Å². The van der Waals surface area contributed by atoms with E-state index in [1.165, 1.54) is 24.3 Å². The maximum atomic E-state index is 12.8. The van der Waals surface area contributed by atoms with Gasteiger partial charge in [0, 0.05) is 11.4 Å². The van der Waals surface area contributed by atoms with Gasteiger partial charge in [0.1, 0.15) is 17.4 Å². The van der Waals surface area contributed by atoms with Crippen LogP contribution in [0.2, 0.25) is 5.02 Å². The summed E-state index contributed by atoms with van der Waals surface area (Å²) in [6.45, 7) is 5.36. The van der Waals surface area contributed by atoms with Crippen molar-refractivity contribution in [2.24, 2.45) is 0 Å². The second-order valence-electron chi connectivity index (χ2n) is 8.36. The minimum atomic E-state index is -4.01. The van der Waals surface area contributed by atoms with Gasteiger partial charge >= 0.3 is 11.9 Å². The highest BCUT2D eigenvalue weighted by atomic mass is 35.5. The van der Waals surface area contributed by atoms with Gasteiger partial charge in [-0.05, 0) is 75.6 Å². The summed E-state index contributed by atoms with van der Waals surface area (Å²) in [5.74, 6) is -1.04. The molecule has 0 fully saturated rings. The smallest absolute Gasteiger partial charge is 0.325 e. The largest absolute Gasteiger partial charge is 0.494 e. The van der Waals surface area contributed by atoms with Crippen molar-refractivity contribution in [2.45, 2.75) is 56.6 Å². The molecule has 180 valence electrons. The lowest BCUT2D eigenvalue weighted by atomic mass is 10.1. The molecule has 0 amide bonds. The number of sulfonamides is 1. The van der Waals surface area contributed by atoms with E-state index in [1.54, 1.807) is 45.0 Å². The predicted molar refractivity (Wildman–Crippen MR) is 124 cm³/mol. The van der Waals surface area contributed by atoms with Crippen LogP contribution in [0, 0.1) is 0 Å². The Balaban J connectivity index is 2.14. The van der Waals surface area contributed by atoms with Crippen LogP contribution in [0.5, 0.6) is 5.75 Å². The summed E-state index contributed by atoms with van der Waals surface area (Å²) < 4.78 is 39.0. The van der Waals surface area contributed by atoms with Crippen molar-refractivity contribution in [1.29, 1.82) is 0 Å². The molecule has 0 spiro atoms. The zero-order valence-corrected chi connectivity index (χ0v) is 20.3. The molecule has 0 saturated carbocycles. The van der Waals surface area contributed by atoms with Crippen LogP contribution in [-0.4, -0.2) is 43.7 Å². The molecule has 0 bridgehead atoms. The van der Waals surface area contributed by atoms with Gasteiger partial charge in [0.05, 0.1) is 11.5 Å². The SMILES string of the molecule is CC(C)(C)OC(=O)[C@H](Cc1ccc(OCCCC(=O)O)cc1)NS(=O)(=O)c1ccc(Cl)cc1. The Hall–Kier alpha value is -2.62. The molecule has 0 heterocycles. The minimum absolute atomic E-state index is 0.0173. The van der Waals surface area contributed by atoms with Crippen LogP contribution < -0.4 is 9.46 Å². The van der Waals surface area contributed by atoms with Crippen LogP contribution in [0.4, 0.5) is 0 Å². The molecule has 2 aromatic rings. The number of hydrogen-bond acceptors (Lipinski definition) is 6. The number of carbonyl (C=O) groups excluding carboxylic acids is 1. The molecule has 0 aliphatic rings. The van der Waals surface area contributed by atoms with Gasteiger partial charge in [-0.15, -0.1) is 0 Å². The number of hydrogen-bond donors (Lipinski definition) is 2. The Morgan fingerprint density at radius 1 is 1.06 bits per heavy atom. The number of nitrogens with one attached hydrogen (secondary N) is 1. The number of rotatable bonds is 11. The van der Waals surface area contributed by atoms with Crippen molar-refractivity contribution in [3.63, 3.8) is 0 Å². The van der Waals surface area contributed by atoms with E-state index in [0.29, 0.717) is 22.8 Å². The summed E-state index contributed by atoms with van der Waals surface area (Å²) in [6, 6.07) is 11.2. The zero-order chi connectivity index (χ0) is 24.6. The van der Waals surface area contributed by atoms with E-state index in [-0.39, 0.29) is 24.3 Å². The first-order chi connectivity index (χ1) is 15.4. The van der Waals surface area contributed by atoms with E-state index < -0.39 is 33.6 Å². The van der Waals surface area contributed by atoms with Crippen LogP contribution in [-0.2, 0) is 30.8 Å². The van der Waals surface area contributed by atoms with Crippen LogP contribution in [0.3, 0.4) is 0 Å².